The van der Waals surface area contributed by atoms with Gasteiger partial charge in [-0.15, -0.1) is 0 Å². The highest BCUT2D eigenvalue weighted by molar-refractivity contribution is 6.30. The third kappa shape index (κ3) is 4.22. The number of rotatable bonds is 5. The first kappa shape index (κ1) is 20.5. The summed E-state index contributed by atoms with van der Waals surface area (Å²) in [7, 11) is 0. The molecule has 1 aromatic heterocycles. The molecule has 1 N–H and O–H groups in total. The minimum atomic E-state index is -0.987. The second-order valence-corrected chi connectivity index (χ2v) is 8.95. The van der Waals surface area contributed by atoms with Crippen molar-refractivity contribution in [3.63, 3.8) is 0 Å². The molecule has 0 saturated carbocycles. The van der Waals surface area contributed by atoms with E-state index in [0.717, 1.165) is 31.5 Å². The largest absolute Gasteiger partial charge is 0.478 e. The molecule has 2 saturated heterocycles. The average Bonchev–Trinajstić information content (AvgIpc) is 3.00. The smallest absolute Gasteiger partial charge is 0.263 e. The van der Waals surface area contributed by atoms with Crippen LogP contribution in [-0.4, -0.2) is 34.6 Å². The minimum Gasteiger partial charge on any atom is -0.478 e. The number of nitrogens with zero attached hydrogens (tertiary/aromatic N) is 3. The first-order chi connectivity index (χ1) is 14.4. The van der Waals surface area contributed by atoms with Crippen molar-refractivity contribution in [1.82, 2.24) is 10.3 Å². The summed E-state index contributed by atoms with van der Waals surface area (Å²) in [6, 6.07) is 13.7. The van der Waals surface area contributed by atoms with E-state index < -0.39 is 5.60 Å². The molecular formula is C23H25ClN4O2. The Balaban J connectivity index is 1.39. The summed E-state index contributed by atoms with van der Waals surface area (Å²) in [5.74, 6) is 1.41. The van der Waals surface area contributed by atoms with Gasteiger partial charge in [-0.25, -0.2) is 4.98 Å². The number of amides is 1. The molecule has 7 heteroatoms. The van der Waals surface area contributed by atoms with Gasteiger partial charge in [-0.05, 0) is 75.9 Å². The molecule has 4 rings (SSSR count). The third-order valence-corrected chi connectivity index (χ3v) is 6.20. The Hall–Kier alpha value is -2.78. The van der Waals surface area contributed by atoms with Crippen molar-refractivity contribution >= 4 is 23.3 Å². The number of nitriles is 1. The van der Waals surface area contributed by atoms with Crippen molar-refractivity contribution in [2.75, 3.05) is 4.90 Å². The van der Waals surface area contributed by atoms with E-state index >= 15 is 0 Å². The minimum absolute atomic E-state index is 0.109. The monoisotopic (exact) mass is 424 g/mol. The normalized spacial score (nSPS) is 23.0. The highest BCUT2D eigenvalue weighted by Crippen LogP contribution is 2.38. The predicted octanol–water partition coefficient (Wildman–Crippen LogP) is 4.08. The van der Waals surface area contributed by atoms with Crippen molar-refractivity contribution < 1.29 is 9.53 Å². The van der Waals surface area contributed by atoms with Gasteiger partial charge in [-0.2, -0.15) is 5.26 Å². The molecule has 0 radical (unpaired) electrons. The summed E-state index contributed by atoms with van der Waals surface area (Å²) in [4.78, 5) is 19.8. The lowest BCUT2D eigenvalue weighted by atomic mass is 9.96. The molecule has 3 heterocycles. The quantitative estimate of drug-likeness (QED) is 0.782. The maximum absolute atomic E-state index is 12.9. The van der Waals surface area contributed by atoms with Gasteiger partial charge in [0.1, 0.15) is 17.6 Å². The summed E-state index contributed by atoms with van der Waals surface area (Å²) in [5, 5.41) is 12.8. The third-order valence-electron chi connectivity index (χ3n) is 5.94. The number of piperidine rings is 1. The van der Waals surface area contributed by atoms with Crippen LogP contribution in [0.25, 0.3) is 0 Å². The predicted molar refractivity (Wildman–Crippen MR) is 116 cm³/mol. The number of ether oxygens (including phenoxy) is 1. The first-order valence-electron chi connectivity index (χ1n) is 10.3. The Morgan fingerprint density at radius 2 is 1.87 bits per heavy atom. The number of fused-ring (bicyclic) bond motifs is 2. The average molecular weight is 425 g/mol. The van der Waals surface area contributed by atoms with Gasteiger partial charge in [0.2, 0.25) is 0 Å². The van der Waals surface area contributed by atoms with Crippen molar-refractivity contribution in [3.05, 3.63) is 53.2 Å². The van der Waals surface area contributed by atoms with Gasteiger partial charge >= 0.3 is 0 Å². The number of hydrogen-bond donors (Lipinski definition) is 1. The molecule has 2 aliphatic heterocycles. The summed E-state index contributed by atoms with van der Waals surface area (Å²) in [6.45, 7) is 3.56. The molecule has 2 atom stereocenters. The summed E-state index contributed by atoms with van der Waals surface area (Å²) < 4.78 is 5.92. The number of hydrogen-bond acceptors (Lipinski definition) is 5. The number of pyridine rings is 1. The van der Waals surface area contributed by atoms with Crippen LogP contribution in [0.4, 0.5) is 5.82 Å². The topological polar surface area (TPSA) is 78.2 Å². The second kappa shape index (κ2) is 8.16. The van der Waals surface area contributed by atoms with Crippen LogP contribution in [-0.2, 0) is 4.79 Å². The van der Waals surface area contributed by atoms with Gasteiger partial charge in [-0.1, -0.05) is 11.6 Å². The molecule has 0 spiro atoms. The Kier molecular flexibility index (Phi) is 5.57. The summed E-state index contributed by atoms with van der Waals surface area (Å²) >= 11 is 5.92. The summed E-state index contributed by atoms with van der Waals surface area (Å²) in [5.41, 5.74) is -0.422. The zero-order chi connectivity index (χ0) is 21.3. The molecule has 0 aliphatic carbocycles. The number of carbonyl (C=O) groups excluding carboxylic acids is 1. The fourth-order valence-corrected chi connectivity index (χ4v) is 4.60. The van der Waals surface area contributed by atoms with Crippen LogP contribution in [0.5, 0.6) is 5.75 Å². The number of anilines is 1. The second-order valence-electron chi connectivity index (χ2n) is 8.52. The van der Waals surface area contributed by atoms with Gasteiger partial charge in [-0.3, -0.25) is 4.79 Å². The standard InChI is InChI=1S/C23H25ClN4O2/c1-23(2,30-20-8-4-16(24)5-9-20)22(29)27-17-11-18-6-7-19(12-17)28(18)21-10-3-15(13-25)14-26-21/h3-5,8-10,14,17-19H,6-7,11-12H2,1-2H3,(H,27,29). The van der Waals surface area contributed by atoms with E-state index in [2.05, 4.69) is 21.3 Å². The van der Waals surface area contributed by atoms with E-state index in [1.54, 1.807) is 44.3 Å². The first-order valence-corrected chi connectivity index (χ1v) is 10.6. The molecular weight excluding hydrogens is 400 g/mol. The summed E-state index contributed by atoms with van der Waals surface area (Å²) in [6.07, 6.45) is 5.55. The van der Waals surface area contributed by atoms with Crippen molar-refractivity contribution in [2.24, 2.45) is 0 Å². The van der Waals surface area contributed by atoms with Gasteiger partial charge in [0.05, 0.1) is 5.56 Å². The van der Waals surface area contributed by atoms with E-state index in [1.807, 2.05) is 12.1 Å². The molecule has 6 nitrogen and oxygen atoms in total. The SMILES string of the molecule is CC(C)(Oc1ccc(Cl)cc1)C(=O)NC1CC2CCC(C1)N2c1ccc(C#N)cn1. The van der Waals surface area contributed by atoms with E-state index in [0.29, 0.717) is 28.4 Å². The Labute approximate surface area is 181 Å². The van der Waals surface area contributed by atoms with Crippen LogP contribution < -0.4 is 15.0 Å². The van der Waals surface area contributed by atoms with Gasteiger partial charge in [0.15, 0.2) is 5.60 Å². The molecule has 2 aliphatic rings. The molecule has 2 aromatic rings. The lowest BCUT2D eigenvalue weighted by Crippen LogP contribution is -2.55. The maximum atomic E-state index is 12.9. The van der Waals surface area contributed by atoms with Gasteiger partial charge < -0.3 is 15.0 Å². The number of nitrogens with one attached hydrogen (secondary N) is 1. The molecule has 30 heavy (non-hydrogen) atoms. The van der Waals surface area contributed by atoms with Crippen LogP contribution in [0.15, 0.2) is 42.6 Å². The highest BCUT2D eigenvalue weighted by Gasteiger charge is 2.43. The van der Waals surface area contributed by atoms with Gasteiger partial charge in [0, 0.05) is 29.3 Å². The Morgan fingerprint density at radius 1 is 1.20 bits per heavy atom. The Morgan fingerprint density at radius 3 is 2.43 bits per heavy atom. The molecule has 2 fully saturated rings. The molecule has 1 aromatic carbocycles. The fraction of sp³-hybridized carbons (Fsp3) is 0.435. The van der Waals surface area contributed by atoms with Crippen molar-refractivity contribution in [1.29, 1.82) is 5.26 Å². The van der Waals surface area contributed by atoms with Crippen LogP contribution in [0, 0.1) is 11.3 Å². The van der Waals surface area contributed by atoms with Crippen LogP contribution >= 0.6 is 11.6 Å². The molecule has 1 amide bonds. The zero-order valence-corrected chi connectivity index (χ0v) is 17.9. The lowest BCUT2D eigenvalue weighted by Gasteiger charge is -2.40. The van der Waals surface area contributed by atoms with Crippen LogP contribution in [0.3, 0.4) is 0 Å². The lowest BCUT2D eigenvalue weighted by molar-refractivity contribution is -0.135. The number of aromatic nitrogens is 1. The fourth-order valence-electron chi connectivity index (χ4n) is 4.48. The van der Waals surface area contributed by atoms with Crippen molar-refractivity contribution in [3.8, 4) is 11.8 Å². The van der Waals surface area contributed by atoms with E-state index in [9.17, 15) is 4.79 Å². The van der Waals surface area contributed by atoms with E-state index in [4.69, 9.17) is 21.6 Å². The van der Waals surface area contributed by atoms with Crippen molar-refractivity contribution in [2.45, 2.75) is 63.3 Å². The number of carbonyl (C=O) groups is 1. The van der Waals surface area contributed by atoms with E-state index in [1.165, 1.54) is 0 Å². The number of benzene rings is 1. The zero-order valence-electron chi connectivity index (χ0n) is 17.1. The molecule has 156 valence electrons. The van der Waals surface area contributed by atoms with Crippen LogP contribution in [0.1, 0.15) is 45.1 Å². The van der Waals surface area contributed by atoms with Crippen LogP contribution in [0.2, 0.25) is 5.02 Å². The Bertz CT molecular complexity index is 939. The maximum Gasteiger partial charge on any atom is 0.263 e. The highest BCUT2D eigenvalue weighted by atomic mass is 35.5. The molecule has 2 unspecified atom stereocenters. The van der Waals surface area contributed by atoms with Gasteiger partial charge in [0.25, 0.3) is 5.91 Å². The number of halogens is 1. The van der Waals surface area contributed by atoms with E-state index in [-0.39, 0.29) is 11.9 Å². The molecule has 2 bridgehead atoms.